The van der Waals surface area contributed by atoms with Crippen LogP contribution in [-0.4, -0.2) is 29.1 Å². The highest BCUT2D eigenvalue weighted by molar-refractivity contribution is 7.99. The molecule has 1 unspecified atom stereocenters. The van der Waals surface area contributed by atoms with E-state index in [2.05, 4.69) is 5.32 Å². The maximum absolute atomic E-state index is 11.8. The van der Waals surface area contributed by atoms with Crippen LogP contribution in [0.2, 0.25) is 0 Å². The van der Waals surface area contributed by atoms with E-state index in [1.807, 2.05) is 32.0 Å². The molecule has 112 valence electrons. The first-order chi connectivity index (χ1) is 9.54. The van der Waals surface area contributed by atoms with Gasteiger partial charge in [0.05, 0.1) is 0 Å². The van der Waals surface area contributed by atoms with E-state index < -0.39 is 0 Å². The van der Waals surface area contributed by atoms with E-state index in [4.69, 9.17) is 10.8 Å². The van der Waals surface area contributed by atoms with E-state index in [-0.39, 0.29) is 12.5 Å². The Kier molecular flexibility index (Phi) is 7.47. The van der Waals surface area contributed by atoms with Crippen molar-refractivity contribution < 1.29 is 9.90 Å². The maximum Gasteiger partial charge on any atom is 0.224 e. The van der Waals surface area contributed by atoms with Gasteiger partial charge < -0.3 is 16.2 Å². The standard InChI is InChI=1S/C15H24N2O2S/c1-11(9-18)10-20-8-4-7-15(19)17-14-6-3-5-13(16)12(14)2/h3,5-6,11,18H,4,7-10,16H2,1-2H3,(H,17,19). The van der Waals surface area contributed by atoms with E-state index in [1.54, 1.807) is 11.8 Å². The number of hydrogen-bond donors (Lipinski definition) is 3. The zero-order chi connectivity index (χ0) is 15.0. The number of carbonyl (C=O) groups is 1. The zero-order valence-corrected chi connectivity index (χ0v) is 13.0. The average Bonchev–Trinajstić information content (AvgIpc) is 2.43. The number of aliphatic hydroxyl groups is 1. The number of thioether (sulfide) groups is 1. The number of aliphatic hydroxyl groups excluding tert-OH is 1. The Hall–Kier alpha value is -1.20. The number of carbonyl (C=O) groups excluding carboxylic acids is 1. The van der Waals surface area contributed by atoms with E-state index >= 15 is 0 Å². The minimum absolute atomic E-state index is 0.0227. The first kappa shape index (κ1) is 16.9. The van der Waals surface area contributed by atoms with Crippen LogP contribution in [0.1, 0.15) is 25.3 Å². The van der Waals surface area contributed by atoms with Gasteiger partial charge in [-0.2, -0.15) is 11.8 Å². The van der Waals surface area contributed by atoms with Crippen molar-refractivity contribution in [1.82, 2.24) is 0 Å². The predicted octanol–water partition coefficient (Wildman–Crippen LogP) is 2.66. The summed E-state index contributed by atoms with van der Waals surface area (Å²) in [6.07, 6.45) is 1.35. The number of hydrogen-bond acceptors (Lipinski definition) is 4. The topological polar surface area (TPSA) is 75.3 Å². The molecule has 4 N–H and O–H groups in total. The average molecular weight is 296 g/mol. The molecule has 0 radical (unpaired) electrons. The minimum Gasteiger partial charge on any atom is -0.398 e. The lowest BCUT2D eigenvalue weighted by molar-refractivity contribution is -0.116. The van der Waals surface area contributed by atoms with E-state index in [0.717, 1.165) is 29.2 Å². The number of rotatable bonds is 8. The molecule has 4 nitrogen and oxygen atoms in total. The molecule has 0 bridgehead atoms. The number of nitrogen functional groups attached to an aromatic ring is 1. The maximum atomic E-state index is 11.8. The first-order valence-electron chi connectivity index (χ1n) is 6.88. The molecule has 20 heavy (non-hydrogen) atoms. The van der Waals surface area contributed by atoms with Crippen LogP contribution in [0.15, 0.2) is 18.2 Å². The molecular formula is C15H24N2O2S. The van der Waals surface area contributed by atoms with Crippen molar-refractivity contribution in [2.24, 2.45) is 5.92 Å². The molecule has 0 heterocycles. The third-order valence-corrected chi connectivity index (χ3v) is 4.44. The summed E-state index contributed by atoms with van der Waals surface area (Å²) in [5.74, 6) is 2.22. The van der Waals surface area contributed by atoms with Crippen LogP contribution in [0, 0.1) is 12.8 Å². The summed E-state index contributed by atoms with van der Waals surface area (Å²) in [6, 6.07) is 5.52. The molecule has 1 rings (SSSR count). The second-order valence-electron chi connectivity index (χ2n) is 5.03. The molecule has 0 aromatic heterocycles. The van der Waals surface area contributed by atoms with Crippen LogP contribution in [0.4, 0.5) is 11.4 Å². The van der Waals surface area contributed by atoms with Crippen molar-refractivity contribution in [2.45, 2.75) is 26.7 Å². The van der Waals surface area contributed by atoms with E-state index in [1.165, 1.54) is 0 Å². The van der Waals surface area contributed by atoms with Crippen LogP contribution in [-0.2, 0) is 4.79 Å². The first-order valence-corrected chi connectivity index (χ1v) is 8.03. The lowest BCUT2D eigenvalue weighted by atomic mass is 10.1. The largest absolute Gasteiger partial charge is 0.398 e. The van der Waals surface area contributed by atoms with Gasteiger partial charge in [0.15, 0.2) is 0 Å². The van der Waals surface area contributed by atoms with Crippen LogP contribution in [0.5, 0.6) is 0 Å². The number of anilines is 2. The molecule has 0 saturated heterocycles. The number of amides is 1. The Bertz CT molecular complexity index is 438. The molecule has 0 fully saturated rings. The van der Waals surface area contributed by atoms with Gasteiger partial charge in [-0.15, -0.1) is 0 Å². The number of benzene rings is 1. The van der Waals surface area contributed by atoms with Crippen molar-refractivity contribution in [3.8, 4) is 0 Å². The second-order valence-corrected chi connectivity index (χ2v) is 6.18. The van der Waals surface area contributed by atoms with Gasteiger partial charge in [0, 0.05) is 24.4 Å². The van der Waals surface area contributed by atoms with Crippen molar-refractivity contribution in [3.05, 3.63) is 23.8 Å². The molecule has 0 aliphatic carbocycles. The molecule has 1 aromatic rings. The van der Waals surface area contributed by atoms with Gasteiger partial charge in [0.2, 0.25) is 5.91 Å². The Morgan fingerprint density at radius 2 is 2.25 bits per heavy atom. The van der Waals surface area contributed by atoms with Crippen LogP contribution in [0.25, 0.3) is 0 Å². The fraction of sp³-hybridized carbons (Fsp3) is 0.533. The SMILES string of the molecule is Cc1c(N)cccc1NC(=O)CCCSCC(C)CO. The van der Waals surface area contributed by atoms with Gasteiger partial charge in [0.25, 0.3) is 0 Å². The highest BCUT2D eigenvalue weighted by Gasteiger charge is 2.06. The fourth-order valence-corrected chi connectivity index (χ4v) is 2.70. The third-order valence-electron chi connectivity index (χ3n) is 3.06. The van der Waals surface area contributed by atoms with Gasteiger partial charge in [-0.05, 0) is 48.5 Å². The predicted molar refractivity (Wildman–Crippen MR) is 87.0 cm³/mol. The third kappa shape index (κ3) is 5.84. The molecule has 1 amide bonds. The minimum atomic E-state index is 0.0227. The van der Waals surface area contributed by atoms with Crippen molar-refractivity contribution in [3.63, 3.8) is 0 Å². The lowest BCUT2D eigenvalue weighted by Crippen LogP contribution is -2.13. The summed E-state index contributed by atoms with van der Waals surface area (Å²) in [4.78, 5) is 11.8. The van der Waals surface area contributed by atoms with E-state index in [9.17, 15) is 4.79 Å². The van der Waals surface area contributed by atoms with Crippen LogP contribution in [0.3, 0.4) is 0 Å². The van der Waals surface area contributed by atoms with Gasteiger partial charge in [-0.1, -0.05) is 13.0 Å². The highest BCUT2D eigenvalue weighted by Crippen LogP contribution is 2.20. The molecule has 1 aromatic carbocycles. The second kappa shape index (κ2) is 8.87. The summed E-state index contributed by atoms with van der Waals surface area (Å²) in [7, 11) is 0. The summed E-state index contributed by atoms with van der Waals surface area (Å²) >= 11 is 1.78. The highest BCUT2D eigenvalue weighted by atomic mass is 32.2. The van der Waals surface area contributed by atoms with Crippen LogP contribution < -0.4 is 11.1 Å². The van der Waals surface area contributed by atoms with Gasteiger partial charge >= 0.3 is 0 Å². The van der Waals surface area contributed by atoms with Gasteiger partial charge in [-0.25, -0.2) is 0 Å². The Morgan fingerprint density at radius 1 is 1.50 bits per heavy atom. The van der Waals surface area contributed by atoms with Gasteiger partial charge in [-0.3, -0.25) is 4.79 Å². The monoisotopic (exact) mass is 296 g/mol. The van der Waals surface area contributed by atoms with Crippen LogP contribution >= 0.6 is 11.8 Å². The molecule has 1 atom stereocenters. The summed E-state index contributed by atoms with van der Waals surface area (Å²) in [5, 5.41) is 11.8. The smallest absolute Gasteiger partial charge is 0.224 e. The van der Waals surface area contributed by atoms with Crippen molar-refractivity contribution in [1.29, 1.82) is 0 Å². The Labute approximate surface area is 125 Å². The molecule has 0 saturated carbocycles. The van der Waals surface area contributed by atoms with Crippen molar-refractivity contribution >= 4 is 29.0 Å². The Morgan fingerprint density at radius 3 is 2.95 bits per heavy atom. The molecule has 0 spiro atoms. The molecule has 5 heteroatoms. The summed E-state index contributed by atoms with van der Waals surface area (Å²) < 4.78 is 0. The number of nitrogens with two attached hydrogens (primary N) is 1. The normalized spacial score (nSPS) is 12.2. The molecule has 0 aliphatic heterocycles. The molecule has 0 aliphatic rings. The zero-order valence-electron chi connectivity index (χ0n) is 12.2. The van der Waals surface area contributed by atoms with E-state index in [0.29, 0.717) is 18.0 Å². The summed E-state index contributed by atoms with van der Waals surface area (Å²) in [5.41, 5.74) is 8.19. The summed E-state index contributed by atoms with van der Waals surface area (Å²) in [6.45, 7) is 4.14. The van der Waals surface area contributed by atoms with Gasteiger partial charge in [0.1, 0.15) is 0 Å². The molecular weight excluding hydrogens is 272 g/mol. The lowest BCUT2D eigenvalue weighted by Gasteiger charge is -2.10. The number of nitrogens with one attached hydrogen (secondary N) is 1. The Balaban J connectivity index is 2.25. The quantitative estimate of drug-likeness (QED) is 0.509. The fourth-order valence-electron chi connectivity index (χ4n) is 1.67. The van der Waals surface area contributed by atoms with Crippen molar-refractivity contribution in [2.75, 3.05) is 29.2 Å².